The van der Waals surface area contributed by atoms with Crippen molar-refractivity contribution in [3.05, 3.63) is 165 Å². The lowest BCUT2D eigenvalue weighted by Crippen LogP contribution is -2.65. The molecule has 53 heavy (non-hydrogen) atoms. The van der Waals surface area contributed by atoms with Crippen molar-refractivity contribution < 1.29 is 4.74 Å². The van der Waals surface area contributed by atoms with Gasteiger partial charge in [0.25, 0.3) is 0 Å². The third-order valence-corrected chi connectivity index (χ3v) is 13.9. The zero-order valence-corrected chi connectivity index (χ0v) is 31.0. The van der Waals surface area contributed by atoms with Gasteiger partial charge in [-0.15, -0.1) is 0 Å². The predicted octanol–water partition coefficient (Wildman–Crippen LogP) is 10.4. The molecule has 0 aromatic heterocycles. The first-order valence-corrected chi connectivity index (χ1v) is 20.5. The molecule has 0 aromatic rings. The first-order valence-electron chi connectivity index (χ1n) is 20.5. The van der Waals surface area contributed by atoms with Crippen LogP contribution in [0.1, 0.15) is 77.6 Å². The number of allylic oxidation sites excluding steroid dienone is 22. The van der Waals surface area contributed by atoms with Crippen molar-refractivity contribution in [1.82, 2.24) is 10.6 Å². The van der Waals surface area contributed by atoms with Crippen LogP contribution in [-0.2, 0) is 4.74 Å². The van der Waals surface area contributed by atoms with E-state index in [9.17, 15) is 5.26 Å². The van der Waals surface area contributed by atoms with Gasteiger partial charge in [0, 0.05) is 29.7 Å². The number of ether oxygens (including phenoxy) is 1. The van der Waals surface area contributed by atoms with E-state index < -0.39 is 0 Å². The third kappa shape index (κ3) is 5.30. The standard InChI is InChI=1S/C49H51N3O/c1-31-46(34-13-4-2-5-14-34)51-48(36-15-6-3-7-16-36)52-47(31)35-26-24-33(25-27-35)37-17-12-20-42-45(37)38-29-32(30-50)23-28-39(38)49(42)40-18-8-10-21-43(40)53-44-22-11-9-19-41(44)49/h2,4-6,8,11-13,15-16,18,20,22,24,26-27,29,31,33-34,37,46-48,51-52H,3,7,9-10,14,17,19,21,23,25,28H2,1H3. The highest BCUT2D eigenvalue weighted by Gasteiger charge is 2.56. The first-order chi connectivity index (χ1) is 26.1. The predicted molar refractivity (Wildman–Crippen MR) is 214 cm³/mol. The highest BCUT2D eigenvalue weighted by molar-refractivity contribution is 5.75. The molecule has 0 amide bonds. The topological polar surface area (TPSA) is 57.1 Å². The molecule has 10 aliphatic rings. The Morgan fingerprint density at radius 1 is 0.736 bits per heavy atom. The monoisotopic (exact) mass is 697 g/mol. The molecule has 0 radical (unpaired) electrons. The van der Waals surface area contributed by atoms with Crippen LogP contribution in [0.15, 0.2) is 165 Å². The fourth-order valence-electron chi connectivity index (χ4n) is 11.5. The summed E-state index contributed by atoms with van der Waals surface area (Å²) in [5.74, 6) is 3.90. The van der Waals surface area contributed by atoms with Crippen LogP contribution in [0.4, 0.5) is 0 Å². The van der Waals surface area contributed by atoms with Crippen molar-refractivity contribution in [2.45, 2.75) is 95.8 Å². The van der Waals surface area contributed by atoms with Crippen LogP contribution in [0.3, 0.4) is 0 Å². The fraction of sp³-hybridized carbons (Fsp3) is 0.408. The summed E-state index contributed by atoms with van der Waals surface area (Å²) in [4.78, 5) is 0. The average Bonchev–Trinajstić information content (AvgIpc) is 3.52. The minimum Gasteiger partial charge on any atom is -0.461 e. The molecule has 0 aromatic carbocycles. The van der Waals surface area contributed by atoms with Gasteiger partial charge >= 0.3 is 0 Å². The molecule has 10 rings (SSSR count). The number of fused-ring (bicyclic) bond motifs is 5. The summed E-state index contributed by atoms with van der Waals surface area (Å²) in [5.41, 5.74) is 12.1. The molecule has 4 nitrogen and oxygen atoms in total. The second-order valence-electron chi connectivity index (χ2n) is 16.6. The van der Waals surface area contributed by atoms with E-state index in [0.29, 0.717) is 29.7 Å². The van der Waals surface area contributed by atoms with Crippen LogP contribution in [0.2, 0.25) is 0 Å². The molecule has 1 fully saturated rings. The van der Waals surface area contributed by atoms with E-state index >= 15 is 0 Å². The molecule has 0 saturated carbocycles. The van der Waals surface area contributed by atoms with E-state index in [-0.39, 0.29) is 17.6 Å². The largest absolute Gasteiger partial charge is 0.461 e. The molecule has 2 aliphatic heterocycles. The molecule has 8 atom stereocenters. The summed E-state index contributed by atoms with van der Waals surface area (Å²) in [7, 11) is 0. The number of nitrogens with one attached hydrogen (secondary N) is 2. The highest BCUT2D eigenvalue weighted by Crippen LogP contribution is 2.67. The van der Waals surface area contributed by atoms with Gasteiger partial charge in [-0.3, -0.25) is 10.6 Å². The summed E-state index contributed by atoms with van der Waals surface area (Å²) in [6.07, 6.45) is 51.7. The highest BCUT2D eigenvalue weighted by atomic mass is 16.5. The Hall–Kier alpha value is -4.43. The van der Waals surface area contributed by atoms with E-state index in [2.05, 4.69) is 127 Å². The van der Waals surface area contributed by atoms with Crippen molar-refractivity contribution in [3.8, 4) is 6.07 Å². The fourth-order valence-corrected chi connectivity index (χ4v) is 11.5. The summed E-state index contributed by atoms with van der Waals surface area (Å²) in [6, 6.07) is 3.24. The lowest BCUT2D eigenvalue weighted by atomic mass is 9.59. The van der Waals surface area contributed by atoms with Crippen molar-refractivity contribution in [1.29, 1.82) is 5.26 Å². The van der Waals surface area contributed by atoms with Gasteiger partial charge < -0.3 is 4.74 Å². The first kappa shape index (κ1) is 33.2. The zero-order chi connectivity index (χ0) is 35.5. The molecule has 1 spiro atoms. The van der Waals surface area contributed by atoms with E-state index in [1.807, 2.05) is 0 Å². The number of nitriles is 1. The van der Waals surface area contributed by atoms with E-state index in [0.717, 1.165) is 87.7 Å². The summed E-state index contributed by atoms with van der Waals surface area (Å²) >= 11 is 0. The number of hydrogen-bond donors (Lipinski definition) is 2. The second kappa shape index (κ2) is 13.5. The lowest BCUT2D eigenvalue weighted by molar-refractivity contribution is 0.177. The third-order valence-electron chi connectivity index (χ3n) is 13.9. The van der Waals surface area contributed by atoms with Gasteiger partial charge in [-0.05, 0) is 139 Å². The summed E-state index contributed by atoms with van der Waals surface area (Å²) < 4.78 is 6.74. The Labute approximate surface area is 315 Å². The summed E-state index contributed by atoms with van der Waals surface area (Å²) in [6.45, 7) is 2.45. The Morgan fingerprint density at radius 2 is 1.62 bits per heavy atom. The second-order valence-corrected chi connectivity index (χ2v) is 16.6. The van der Waals surface area contributed by atoms with Crippen LogP contribution in [0, 0.1) is 40.4 Å². The van der Waals surface area contributed by atoms with Crippen molar-refractivity contribution in [2.24, 2.45) is 29.1 Å². The smallest absolute Gasteiger partial charge is 0.127 e. The maximum atomic E-state index is 10.2. The van der Waals surface area contributed by atoms with E-state index in [1.165, 1.54) is 44.6 Å². The van der Waals surface area contributed by atoms with Gasteiger partial charge in [0.1, 0.15) is 11.5 Å². The van der Waals surface area contributed by atoms with E-state index in [1.54, 1.807) is 0 Å². The number of rotatable bonds is 4. The maximum absolute atomic E-state index is 10.2. The van der Waals surface area contributed by atoms with Gasteiger partial charge in [-0.2, -0.15) is 5.26 Å². The molecule has 8 unspecified atom stereocenters. The minimum absolute atomic E-state index is 0.147. The molecule has 2 heterocycles. The normalized spacial score (nSPS) is 36.8. The SMILES string of the molecule is CC1C(C2=CCC(C3CC=CC4=C3C3=C(CCC(C#N)=C3)C43C4=C(CCC=C4)OC4=C3CCC=C4)C=C2)NC(C2=CCCC=C2)NC1C1C=CC=CC1. The lowest BCUT2D eigenvalue weighted by Gasteiger charge is -2.47. The number of hydrogen-bond acceptors (Lipinski definition) is 4. The molecule has 0 bridgehead atoms. The van der Waals surface area contributed by atoms with Gasteiger partial charge in [0.05, 0.1) is 17.6 Å². The zero-order valence-electron chi connectivity index (χ0n) is 31.0. The summed E-state index contributed by atoms with van der Waals surface area (Å²) in [5, 5.41) is 18.4. The maximum Gasteiger partial charge on any atom is 0.127 e. The molecule has 2 N–H and O–H groups in total. The van der Waals surface area contributed by atoms with Crippen LogP contribution in [0.25, 0.3) is 0 Å². The van der Waals surface area contributed by atoms with Gasteiger partial charge in [-0.25, -0.2) is 0 Å². The Kier molecular flexibility index (Phi) is 8.42. The van der Waals surface area contributed by atoms with Crippen LogP contribution in [-0.4, -0.2) is 18.2 Å². The molecule has 1 saturated heterocycles. The van der Waals surface area contributed by atoms with Gasteiger partial charge in [0.2, 0.25) is 0 Å². The molecular weight excluding hydrogens is 647 g/mol. The van der Waals surface area contributed by atoms with Crippen molar-refractivity contribution in [2.75, 3.05) is 0 Å². The van der Waals surface area contributed by atoms with Crippen molar-refractivity contribution in [3.63, 3.8) is 0 Å². The van der Waals surface area contributed by atoms with Crippen LogP contribution in [0.5, 0.6) is 0 Å². The van der Waals surface area contributed by atoms with Gasteiger partial charge in [-0.1, -0.05) is 98.1 Å². The Bertz CT molecular complexity index is 2100. The van der Waals surface area contributed by atoms with E-state index in [4.69, 9.17) is 4.74 Å². The average molecular weight is 698 g/mol. The minimum atomic E-state index is -0.287. The molecule has 268 valence electrons. The quantitative estimate of drug-likeness (QED) is 0.307. The Balaban J connectivity index is 1.01. The molecule has 8 aliphatic carbocycles. The van der Waals surface area contributed by atoms with Gasteiger partial charge in [0.15, 0.2) is 0 Å². The van der Waals surface area contributed by atoms with Crippen molar-refractivity contribution >= 4 is 0 Å². The van der Waals surface area contributed by atoms with Crippen LogP contribution >= 0.6 is 0 Å². The van der Waals surface area contributed by atoms with Crippen LogP contribution < -0.4 is 10.6 Å². The molecule has 4 heteroatoms. The number of nitrogens with zero attached hydrogens (tertiary/aromatic N) is 1. The Morgan fingerprint density at radius 3 is 2.45 bits per heavy atom. The molecular formula is C49H51N3O.